The fourth-order valence-corrected chi connectivity index (χ4v) is 3.78. The van der Waals surface area contributed by atoms with Gasteiger partial charge in [-0.25, -0.2) is 0 Å². The third-order valence-electron chi connectivity index (χ3n) is 3.01. The van der Waals surface area contributed by atoms with Gasteiger partial charge in [-0.2, -0.15) is 0 Å². The molecule has 0 heterocycles. The van der Waals surface area contributed by atoms with Gasteiger partial charge in [-0.3, -0.25) is 4.79 Å². The summed E-state index contributed by atoms with van der Waals surface area (Å²) in [6, 6.07) is 7.17. The largest absolute Gasteiger partial charge is 0.480 e. The van der Waals surface area contributed by atoms with Crippen molar-refractivity contribution in [2.75, 3.05) is 0 Å². The minimum absolute atomic E-state index is 0.482. The van der Waals surface area contributed by atoms with Crippen LogP contribution >= 0.6 is 23.4 Å². The number of hydrogen-bond acceptors (Lipinski definition) is 2. The van der Waals surface area contributed by atoms with Gasteiger partial charge in [0, 0.05) is 10.3 Å². The zero-order valence-electron chi connectivity index (χ0n) is 9.43. The first-order chi connectivity index (χ1) is 8.16. The highest BCUT2D eigenvalue weighted by molar-refractivity contribution is 8.00. The Morgan fingerprint density at radius 3 is 2.71 bits per heavy atom. The van der Waals surface area contributed by atoms with E-state index in [1.165, 1.54) is 12.8 Å². The van der Waals surface area contributed by atoms with Gasteiger partial charge in [0.1, 0.15) is 5.25 Å². The van der Waals surface area contributed by atoms with E-state index in [-0.39, 0.29) is 0 Å². The van der Waals surface area contributed by atoms with Gasteiger partial charge in [-0.15, -0.1) is 11.8 Å². The van der Waals surface area contributed by atoms with E-state index in [1.54, 1.807) is 23.9 Å². The van der Waals surface area contributed by atoms with Crippen molar-refractivity contribution in [1.82, 2.24) is 0 Å². The van der Waals surface area contributed by atoms with Crippen molar-refractivity contribution in [2.45, 2.75) is 36.2 Å². The summed E-state index contributed by atoms with van der Waals surface area (Å²) in [5.41, 5.74) is 0.793. The second kappa shape index (κ2) is 5.78. The standard InChI is InChI=1S/C13H15ClO2S/c14-10-5-3-4-9(8-10)12(13(15)16)17-11-6-1-2-7-11/h3-5,8,11-12H,1-2,6-7H2,(H,15,16)/t12-/m0/s1. The third kappa shape index (κ3) is 3.39. The molecule has 4 heteroatoms. The first-order valence-corrected chi connectivity index (χ1v) is 7.12. The van der Waals surface area contributed by atoms with Crippen molar-refractivity contribution >= 4 is 29.3 Å². The lowest BCUT2D eigenvalue weighted by atomic mass is 10.1. The third-order valence-corrected chi connectivity index (χ3v) is 4.84. The lowest BCUT2D eigenvalue weighted by molar-refractivity contribution is -0.136. The second-order valence-corrected chi connectivity index (χ2v) is 6.16. The number of hydrogen-bond donors (Lipinski definition) is 1. The van der Waals surface area contributed by atoms with Crippen LogP contribution in [-0.2, 0) is 4.79 Å². The van der Waals surface area contributed by atoms with E-state index in [0.29, 0.717) is 10.3 Å². The van der Waals surface area contributed by atoms with Crippen molar-refractivity contribution in [1.29, 1.82) is 0 Å². The van der Waals surface area contributed by atoms with Gasteiger partial charge in [-0.05, 0) is 30.5 Å². The molecule has 0 spiro atoms. The van der Waals surface area contributed by atoms with Crippen molar-refractivity contribution in [3.8, 4) is 0 Å². The number of halogens is 1. The van der Waals surface area contributed by atoms with Crippen molar-refractivity contribution in [3.05, 3.63) is 34.9 Å². The van der Waals surface area contributed by atoms with E-state index in [4.69, 9.17) is 11.6 Å². The highest BCUT2D eigenvalue weighted by Crippen LogP contribution is 2.40. The predicted molar refractivity (Wildman–Crippen MR) is 71.7 cm³/mol. The highest BCUT2D eigenvalue weighted by Gasteiger charge is 2.26. The molecule has 2 rings (SSSR count). The van der Waals surface area contributed by atoms with Gasteiger partial charge < -0.3 is 5.11 Å². The van der Waals surface area contributed by atoms with Crippen molar-refractivity contribution < 1.29 is 9.90 Å². The summed E-state index contributed by atoms with van der Waals surface area (Å²) >= 11 is 7.47. The molecule has 17 heavy (non-hydrogen) atoms. The zero-order valence-corrected chi connectivity index (χ0v) is 11.0. The van der Waals surface area contributed by atoms with Crippen LogP contribution in [-0.4, -0.2) is 16.3 Å². The summed E-state index contributed by atoms with van der Waals surface area (Å²) in [7, 11) is 0. The Kier molecular flexibility index (Phi) is 4.35. The van der Waals surface area contributed by atoms with Gasteiger partial charge in [-0.1, -0.05) is 36.6 Å². The predicted octanol–water partition coefficient (Wildman–Crippen LogP) is 4.14. The van der Waals surface area contributed by atoms with E-state index in [9.17, 15) is 9.90 Å². The number of carbonyl (C=O) groups is 1. The fourth-order valence-electron chi connectivity index (χ4n) is 2.17. The van der Waals surface area contributed by atoms with E-state index in [2.05, 4.69) is 0 Å². The smallest absolute Gasteiger partial charge is 0.321 e. The summed E-state index contributed by atoms with van der Waals surface area (Å²) in [6.07, 6.45) is 4.71. The molecule has 0 amide bonds. The monoisotopic (exact) mass is 270 g/mol. The number of benzene rings is 1. The van der Waals surface area contributed by atoms with Crippen LogP contribution in [0.4, 0.5) is 0 Å². The number of carboxylic acids is 1. The van der Waals surface area contributed by atoms with Crippen LogP contribution in [0.25, 0.3) is 0 Å². The average Bonchev–Trinajstić information content (AvgIpc) is 2.78. The van der Waals surface area contributed by atoms with E-state index >= 15 is 0 Å². The molecule has 1 N–H and O–H groups in total. The van der Waals surface area contributed by atoms with Crippen molar-refractivity contribution in [2.24, 2.45) is 0 Å². The van der Waals surface area contributed by atoms with Gasteiger partial charge in [0.25, 0.3) is 0 Å². The summed E-state index contributed by atoms with van der Waals surface area (Å²) in [6.45, 7) is 0. The highest BCUT2D eigenvalue weighted by atomic mass is 35.5. The van der Waals surface area contributed by atoms with E-state index in [1.807, 2.05) is 12.1 Å². The first kappa shape index (κ1) is 12.8. The van der Waals surface area contributed by atoms with Crippen LogP contribution in [0.1, 0.15) is 36.5 Å². The van der Waals surface area contributed by atoms with E-state index in [0.717, 1.165) is 18.4 Å². The zero-order chi connectivity index (χ0) is 12.3. The minimum Gasteiger partial charge on any atom is -0.480 e. The molecular formula is C13H15ClO2S. The fraction of sp³-hybridized carbons (Fsp3) is 0.462. The Bertz CT molecular complexity index is 402. The molecular weight excluding hydrogens is 256 g/mol. The Morgan fingerprint density at radius 1 is 1.41 bits per heavy atom. The molecule has 0 aliphatic heterocycles. The summed E-state index contributed by atoms with van der Waals surface area (Å²) in [4.78, 5) is 11.3. The maximum Gasteiger partial charge on any atom is 0.321 e. The lowest BCUT2D eigenvalue weighted by Gasteiger charge is -2.17. The SMILES string of the molecule is O=C(O)[C@@H](SC1CCCC1)c1cccc(Cl)c1. The van der Waals surface area contributed by atoms with Crippen LogP contribution in [0.3, 0.4) is 0 Å². The Labute approximate surface area is 110 Å². The maximum atomic E-state index is 11.3. The molecule has 0 aromatic heterocycles. The summed E-state index contributed by atoms with van der Waals surface area (Å²) in [5.74, 6) is -0.774. The van der Waals surface area contributed by atoms with Crippen LogP contribution < -0.4 is 0 Å². The van der Waals surface area contributed by atoms with Crippen LogP contribution in [0.2, 0.25) is 5.02 Å². The minimum atomic E-state index is -0.774. The Hall–Kier alpha value is -0.670. The van der Waals surface area contributed by atoms with Gasteiger partial charge in [0.15, 0.2) is 0 Å². The molecule has 0 unspecified atom stereocenters. The number of thioether (sulfide) groups is 1. The molecule has 2 nitrogen and oxygen atoms in total. The van der Waals surface area contributed by atoms with Gasteiger partial charge in [0.2, 0.25) is 0 Å². The van der Waals surface area contributed by atoms with Crippen LogP contribution in [0.5, 0.6) is 0 Å². The topological polar surface area (TPSA) is 37.3 Å². The Balaban J connectivity index is 2.13. The lowest BCUT2D eigenvalue weighted by Crippen LogP contribution is -2.11. The van der Waals surface area contributed by atoms with Crippen LogP contribution in [0, 0.1) is 0 Å². The molecule has 0 radical (unpaired) electrons. The molecule has 1 aromatic rings. The van der Waals surface area contributed by atoms with Crippen LogP contribution in [0.15, 0.2) is 24.3 Å². The number of rotatable bonds is 4. The Morgan fingerprint density at radius 2 is 2.12 bits per heavy atom. The average molecular weight is 271 g/mol. The quantitative estimate of drug-likeness (QED) is 0.893. The normalized spacial score (nSPS) is 18.2. The molecule has 0 bridgehead atoms. The molecule has 0 saturated heterocycles. The molecule has 1 atom stereocenters. The molecule has 1 saturated carbocycles. The summed E-state index contributed by atoms with van der Waals surface area (Å²) < 4.78 is 0. The van der Waals surface area contributed by atoms with Crippen molar-refractivity contribution in [3.63, 3.8) is 0 Å². The number of carboxylic acid groups (broad SMARTS) is 1. The molecule has 92 valence electrons. The first-order valence-electron chi connectivity index (χ1n) is 5.80. The number of aliphatic carboxylic acids is 1. The van der Waals surface area contributed by atoms with E-state index < -0.39 is 11.2 Å². The molecule has 1 fully saturated rings. The maximum absolute atomic E-state index is 11.3. The molecule has 1 aromatic carbocycles. The molecule has 1 aliphatic rings. The van der Waals surface area contributed by atoms with Gasteiger partial charge in [0.05, 0.1) is 0 Å². The second-order valence-electron chi connectivity index (χ2n) is 4.32. The summed E-state index contributed by atoms with van der Waals surface area (Å²) in [5, 5.41) is 9.90. The van der Waals surface area contributed by atoms with Gasteiger partial charge >= 0.3 is 5.97 Å². The molecule has 1 aliphatic carbocycles.